The van der Waals surface area contributed by atoms with Gasteiger partial charge in [-0.15, -0.1) is 0 Å². The number of nitrogens with zero attached hydrogens (tertiary/aromatic N) is 3. The predicted octanol–water partition coefficient (Wildman–Crippen LogP) is 2.41. The Hall–Kier alpha value is -1.31. The minimum atomic E-state index is -3.12. The molecule has 142 valence electrons. The summed E-state index contributed by atoms with van der Waals surface area (Å²) in [6.07, 6.45) is 0.680. The van der Waals surface area contributed by atoms with E-state index < -0.39 is 10.0 Å². The summed E-state index contributed by atoms with van der Waals surface area (Å²) in [6, 6.07) is 7.73. The lowest BCUT2D eigenvalue weighted by Gasteiger charge is -2.22. The highest BCUT2D eigenvalue weighted by molar-refractivity contribution is 7.89. The minimum absolute atomic E-state index is 0.124. The van der Waals surface area contributed by atoms with Crippen molar-refractivity contribution in [3.63, 3.8) is 0 Å². The van der Waals surface area contributed by atoms with Gasteiger partial charge in [0.1, 0.15) is 0 Å². The smallest absolute Gasteiger partial charge is 0.213 e. The van der Waals surface area contributed by atoms with Crippen LogP contribution in [0.3, 0.4) is 0 Å². The topological polar surface area (TPSA) is 65.0 Å². The third-order valence-electron chi connectivity index (χ3n) is 3.76. The fourth-order valence-electron chi connectivity index (χ4n) is 2.25. The second kappa shape index (κ2) is 10.6. The number of nitrogens with one attached hydrogen (secondary N) is 1. The highest BCUT2D eigenvalue weighted by Crippen LogP contribution is 2.11. The molecule has 0 saturated heterocycles. The average molecular weight is 389 g/mol. The van der Waals surface area contributed by atoms with Crippen LogP contribution in [0.15, 0.2) is 29.3 Å². The minimum Gasteiger partial charge on any atom is -0.357 e. The summed E-state index contributed by atoms with van der Waals surface area (Å²) in [6.45, 7) is 6.20. The monoisotopic (exact) mass is 388 g/mol. The Morgan fingerprint density at radius 1 is 1.20 bits per heavy atom. The Morgan fingerprint density at radius 3 is 2.40 bits per heavy atom. The van der Waals surface area contributed by atoms with E-state index in [0.717, 1.165) is 23.1 Å². The Labute approximate surface area is 156 Å². The number of guanidine groups is 1. The standard InChI is InChI=1S/C17H29ClN4O2S/c1-5-19-17(20-12-7-13-22(4)25(23,24)6-2)21(3)14-15-8-10-16(18)11-9-15/h8-11H,5-7,12-14H2,1-4H3,(H,19,20). The van der Waals surface area contributed by atoms with Crippen LogP contribution in [0.5, 0.6) is 0 Å². The molecule has 0 heterocycles. The van der Waals surface area contributed by atoms with E-state index in [-0.39, 0.29) is 5.75 Å². The molecule has 0 spiro atoms. The Balaban J connectivity index is 2.59. The summed E-state index contributed by atoms with van der Waals surface area (Å²) in [5.74, 6) is 0.928. The van der Waals surface area contributed by atoms with Crippen LogP contribution in [0.1, 0.15) is 25.8 Å². The molecule has 0 unspecified atom stereocenters. The van der Waals surface area contributed by atoms with E-state index in [1.807, 2.05) is 43.1 Å². The lowest BCUT2D eigenvalue weighted by Crippen LogP contribution is -2.38. The van der Waals surface area contributed by atoms with Gasteiger partial charge in [0.15, 0.2) is 5.96 Å². The fourth-order valence-corrected chi connectivity index (χ4v) is 3.22. The number of benzene rings is 1. The molecule has 1 aromatic carbocycles. The maximum absolute atomic E-state index is 11.7. The van der Waals surface area contributed by atoms with Crippen molar-refractivity contribution in [3.8, 4) is 0 Å². The van der Waals surface area contributed by atoms with Crippen molar-refractivity contribution >= 4 is 27.6 Å². The van der Waals surface area contributed by atoms with E-state index in [1.165, 1.54) is 4.31 Å². The van der Waals surface area contributed by atoms with Gasteiger partial charge in [-0.2, -0.15) is 0 Å². The molecule has 0 saturated carbocycles. The van der Waals surface area contributed by atoms with Crippen LogP contribution < -0.4 is 5.32 Å². The summed E-state index contributed by atoms with van der Waals surface area (Å²) in [4.78, 5) is 6.63. The SMILES string of the molecule is CCNC(=NCCCN(C)S(=O)(=O)CC)N(C)Cc1ccc(Cl)cc1. The number of rotatable bonds is 9. The molecule has 0 amide bonds. The molecule has 8 heteroatoms. The van der Waals surface area contributed by atoms with Crippen molar-refractivity contribution in [3.05, 3.63) is 34.9 Å². The highest BCUT2D eigenvalue weighted by Gasteiger charge is 2.14. The van der Waals surface area contributed by atoms with Gasteiger partial charge in [0, 0.05) is 45.3 Å². The number of sulfonamides is 1. The van der Waals surface area contributed by atoms with Crippen molar-refractivity contribution in [2.45, 2.75) is 26.8 Å². The van der Waals surface area contributed by atoms with Crippen molar-refractivity contribution in [1.82, 2.24) is 14.5 Å². The van der Waals surface area contributed by atoms with Gasteiger partial charge in [0.25, 0.3) is 0 Å². The Kier molecular flexibility index (Phi) is 9.24. The van der Waals surface area contributed by atoms with Crippen molar-refractivity contribution in [2.75, 3.05) is 39.5 Å². The van der Waals surface area contributed by atoms with E-state index in [9.17, 15) is 8.42 Å². The van der Waals surface area contributed by atoms with Gasteiger partial charge < -0.3 is 10.2 Å². The predicted molar refractivity (Wildman–Crippen MR) is 106 cm³/mol. The number of hydrogen-bond acceptors (Lipinski definition) is 3. The zero-order valence-corrected chi connectivity index (χ0v) is 17.1. The molecule has 25 heavy (non-hydrogen) atoms. The van der Waals surface area contributed by atoms with Gasteiger partial charge in [0.05, 0.1) is 5.75 Å². The van der Waals surface area contributed by atoms with Gasteiger partial charge in [0.2, 0.25) is 10.0 Å². The lowest BCUT2D eigenvalue weighted by atomic mass is 10.2. The van der Waals surface area contributed by atoms with E-state index in [4.69, 9.17) is 11.6 Å². The first-order valence-electron chi connectivity index (χ1n) is 8.48. The van der Waals surface area contributed by atoms with E-state index in [1.54, 1.807) is 14.0 Å². The molecule has 6 nitrogen and oxygen atoms in total. The number of aliphatic imine (C=N–C) groups is 1. The van der Waals surface area contributed by atoms with Crippen molar-refractivity contribution < 1.29 is 8.42 Å². The van der Waals surface area contributed by atoms with E-state index in [2.05, 4.69) is 10.3 Å². The molecule has 0 radical (unpaired) electrons. The summed E-state index contributed by atoms with van der Waals surface area (Å²) in [5.41, 5.74) is 1.14. The van der Waals surface area contributed by atoms with Crippen molar-refractivity contribution in [1.29, 1.82) is 0 Å². The van der Waals surface area contributed by atoms with Crippen LogP contribution >= 0.6 is 11.6 Å². The van der Waals surface area contributed by atoms with Crippen LogP contribution in [0.2, 0.25) is 5.02 Å². The van der Waals surface area contributed by atoms with Gasteiger partial charge >= 0.3 is 0 Å². The molecule has 0 aromatic heterocycles. The number of hydrogen-bond donors (Lipinski definition) is 1. The first-order valence-corrected chi connectivity index (χ1v) is 10.5. The third-order valence-corrected chi connectivity index (χ3v) is 5.88. The second-order valence-corrected chi connectivity index (χ2v) is 8.59. The summed E-state index contributed by atoms with van der Waals surface area (Å²) < 4.78 is 24.8. The Bertz CT molecular complexity index is 647. The molecule has 0 aliphatic carbocycles. The molecule has 1 aromatic rings. The Morgan fingerprint density at radius 2 is 1.84 bits per heavy atom. The molecule has 0 atom stereocenters. The molecule has 0 aliphatic rings. The summed E-state index contributed by atoms with van der Waals surface area (Å²) in [5, 5.41) is 3.98. The molecule has 0 aliphatic heterocycles. The third kappa shape index (κ3) is 7.63. The molecule has 1 rings (SSSR count). The van der Waals surface area contributed by atoms with Crippen LogP contribution in [0, 0.1) is 0 Å². The molecular formula is C17H29ClN4O2S. The largest absolute Gasteiger partial charge is 0.357 e. The zero-order valence-electron chi connectivity index (χ0n) is 15.5. The normalized spacial score (nSPS) is 12.5. The first kappa shape index (κ1) is 21.7. The molecule has 0 fully saturated rings. The van der Waals surface area contributed by atoms with E-state index >= 15 is 0 Å². The zero-order chi connectivity index (χ0) is 18.9. The number of halogens is 1. The van der Waals surface area contributed by atoms with Crippen LogP contribution in [0.4, 0.5) is 0 Å². The van der Waals surface area contributed by atoms with Crippen molar-refractivity contribution in [2.24, 2.45) is 4.99 Å². The quantitative estimate of drug-likeness (QED) is 0.401. The van der Waals surface area contributed by atoms with Gasteiger partial charge in [-0.25, -0.2) is 12.7 Å². The van der Waals surface area contributed by atoms with Crippen LogP contribution in [-0.4, -0.2) is 63.1 Å². The average Bonchev–Trinajstić information content (AvgIpc) is 2.59. The highest BCUT2D eigenvalue weighted by atomic mass is 35.5. The summed E-state index contributed by atoms with van der Waals surface area (Å²) in [7, 11) is 0.466. The lowest BCUT2D eigenvalue weighted by molar-refractivity contribution is 0.459. The molecular weight excluding hydrogens is 360 g/mol. The van der Waals surface area contributed by atoms with E-state index in [0.29, 0.717) is 26.1 Å². The molecule has 0 bridgehead atoms. The maximum atomic E-state index is 11.7. The van der Waals surface area contributed by atoms with Gasteiger partial charge in [-0.05, 0) is 38.0 Å². The van der Waals surface area contributed by atoms with Gasteiger partial charge in [-0.1, -0.05) is 23.7 Å². The van der Waals surface area contributed by atoms with Crippen LogP contribution in [-0.2, 0) is 16.6 Å². The van der Waals surface area contributed by atoms with Crippen LogP contribution in [0.25, 0.3) is 0 Å². The fraction of sp³-hybridized carbons (Fsp3) is 0.588. The summed E-state index contributed by atoms with van der Waals surface area (Å²) >= 11 is 5.92. The maximum Gasteiger partial charge on any atom is 0.213 e. The molecule has 1 N–H and O–H groups in total. The van der Waals surface area contributed by atoms with Gasteiger partial charge in [-0.3, -0.25) is 4.99 Å². The first-order chi connectivity index (χ1) is 11.8. The second-order valence-electron chi connectivity index (χ2n) is 5.79.